The van der Waals surface area contributed by atoms with Crippen LogP contribution in [0.1, 0.15) is 43.9 Å². The van der Waals surface area contributed by atoms with Gasteiger partial charge in [0.25, 0.3) is 0 Å². The average molecular weight is 512 g/mol. The summed E-state index contributed by atoms with van der Waals surface area (Å²) in [6.45, 7) is 5.59. The SMILES string of the molecule is CC(NC(=O)C(C)C1(c2cccc(F)c2)CCNCC1)c1cc(Br)cc(Br)c1. The highest BCUT2D eigenvalue weighted by Gasteiger charge is 2.42. The van der Waals surface area contributed by atoms with Crippen molar-refractivity contribution < 1.29 is 9.18 Å². The van der Waals surface area contributed by atoms with Crippen LogP contribution in [0.25, 0.3) is 0 Å². The second kappa shape index (κ2) is 9.06. The first kappa shape index (κ1) is 21.5. The van der Waals surface area contributed by atoms with Crippen LogP contribution in [0.3, 0.4) is 0 Å². The molecule has 3 nitrogen and oxygen atoms in total. The summed E-state index contributed by atoms with van der Waals surface area (Å²) in [5.41, 5.74) is 1.57. The highest BCUT2D eigenvalue weighted by atomic mass is 79.9. The van der Waals surface area contributed by atoms with Crippen molar-refractivity contribution >= 4 is 37.8 Å². The Balaban J connectivity index is 1.84. The molecule has 1 fully saturated rings. The molecule has 0 bridgehead atoms. The van der Waals surface area contributed by atoms with Gasteiger partial charge in [-0.05, 0) is 74.3 Å². The summed E-state index contributed by atoms with van der Waals surface area (Å²) >= 11 is 7.00. The molecule has 28 heavy (non-hydrogen) atoms. The Morgan fingerprint density at radius 3 is 2.36 bits per heavy atom. The van der Waals surface area contributed by atoms with Crippen molar-refractivity contribution in [3.05, 3.63) is 68.4 Å². The quantitative estimate of drug-likeness (QED) is 0.557. The van der Waals surface area contributed by atoms with Gasteiger partial charge in [-0.3, -0.25) is 4.79 Å². The van der Waals surface area contributed by atoms with Crippen LogP contribution in [0.5, 0.6) is 0 Å². The van der Waals surface area contributed by atoms with Crippen molar-refractivity contribution in [2.24, 2.45) is 5.92 Å². The van der Waals surface area contributed by atoms with Gasteiger partial charge < -0.3 is 10.6 Å². The summed E-state index contributed by atoms with van der Waals surface area (Å²) in [4.78, 5) is 13.2. The van der Waals surface area contributed by atoms with Gasteiger partial charge in [0.1, 0.15) is 5.82 Å². The van der Waals surface area contributed by atoms with E-state index in [0.717, 1.165) is 46.0 Å². The number of rotatable bonds is 5. The monoisotopic (exact) mass is 510 g/mol. The van der Waals surface area contributed by atoms with Gasteiger partial charge in [0.15, 0.2) is 0 Å². The minimum Gasteiger partial charge on any atom is -0.349 e. The molecule has 2 atom stereocenters. The minimum atomic E-state index is -0.366. The first-order valence-electron chi connectivity index (χ1n) is 9.55. The van der Waals surface area contributed by atoms with Gasteiger partial charge in [0.2, 0.25) is 5.91 Å². The average Bonchev–Trinajstić information content (AvgIpc) is 2.67. The molecular weight excluding hydrogens is 487 g/mol. The molecule has 0 aromatic heterocycles. The van der Waals surface area contributed by atoms with E-state index in [1.807, 2.05) is 38.1 Å². The van der Waals surface area contributed by atoms with Gasteiger partial charge in [-0.25, -0.2) is 4.39 Å². The van der Waals surface area contributed by atoms with E-state index in [-0.39, 0.29) is 29.1 Å². The molecule has 1 heterocycles. The van der Waals surface area contributed by atoms with E-state index in [1.165, 1.54) is 6.07 Å². The lowest BCUT2D eigenvalue weighted by molar-refractivity contribution is -0.127. The Kier molecular flexibility index (Phi) is 6.94. The molecular formula is C22H25Br2FN2O. The number of halogens is 3. The summed E-state index contributed by atoms with van der Waals surface area (Å²) in [5, 5.41) is 6.52. The molecule has 0 aliphatic carbocycles. The highest BCUT2D eigenvalue weighted by molar-refractivity contribution is 9.11. The zero-order valence-corrected chi connectivity index (χ0v) is 19.2. The molecule has 0 radical (unpaired) electrons. The van der Waals surface area contributed by atoms with Crippen molar-refractivity contribution in [3.63, 3.8) is 0 Å². The molecule has 1 saturated heterocycles. The lowest BCUT2D eigenvalue weighted by atomic mass is 9.65. The smallest absolute Gasteiger partial charge is 0.224 e. The molecule has 1 aliphatic heterocycles. The first-order chi connectivity index (χ1) is 13.3. The molecule has 1 amide bonds. The van der Waals surface area contributed by atoms with Gasteiger partial charge in [-0.15, -0.1) is 0 Å². The van der Waals surface area contributed by atoms with E-state index in [2.05, 4.69) is 42.5 Å². The lowest BCUT2D eigenvalue weighted by Gasteiger charge is -2.42. The molecule has 0 saturated carbocycles. The zero-order valence-electron chi connectivity index (χ0n) is 16.1. The highest BCUT2D eigenvalue weighted by Crippen LogP contribution is 2.41. The molecule has 3 rings (SSSR count). The van der Waals surface area contributed by atoms with E-state index in [4.69, 9.17) is 0 Å². The Morgan fingerprint density at radius 2 is 1.75 bits per heavy atom. The van der Waals surface area contributed by atoms with Crippen LogP contribution in [-0.2, 0) is 10.2 Å². The topological polar surface area (TPSA) is 41.1 Å². The number of hydrogen-bond donors (Lipinski definition) is 2. The van der Waals surface area contributed by atoms with Gasteiger partial charge in [0.05, 0.1) is 6.04 Å². The fourth-order valence-corrected chi connectivity index (χ4v) is 5.47. The van der Waals surface area contributed by atoms with E-state index < -0.39 is 0 Å². The Morgan fingerprint density at radius 1 is 1.11 bits per heavy atom. The summed E-state index contributed by atoms with van der Waals surface area (Å²) in [6, 6.07) is 12.6. The Hall–Kier alpha value is -1.24. The van der Waals surface area contributed by atoms with E-state index in [1.54, 1.807) is 12.1 Å². The molecule has 6 heteroatoms. The standard InChI is InChI=1S/C22H25Br2FN2O/c1-14(21(28)27-15(2)16-10-18(23)13-19(24)11-16)22(6-8-26-9-7-22)17-4-3-5-20(25)12-17/h3-5,10-15,26H,6-9H2,1-2H3,(H,27,28). The fraction of sp³-hybridized carbons (Fsp3) is 0.409. The third-order valence-electron chi connectivity index (χ3n) is 5.86. The number of hydrogen-bond acceptors (Lipinski definition) is 2. The van der Waals surface area contributed by atoms with Crippen LogP contribution in [0, 0.1) is 11.7 Å². The Bertz CT molecular complexity index is 832. The van der Waals surface area contributed by atoms with Crippen molar-refractivity contribution in [2.75, 3.05) is 13.1 Å². The molecule has 2 N–H and O–H groups in total. The van der Waals surface area contributed by atoms with Gasteiger partial charge in [-0.1, -0.05) is 50.9 Å². The number of piperidine rings is 1. The maximum Gasteiger partial charge on any atom is 0.224 e. The maximum atomic E-state index is 13.9. The van der Waals surface area contributed by atoms with Gasteiger partial charge in [0, 0.05) is 20.3 Å². The Labute approximate surface area is 182 Å². The number of carbonyl (C=O) groups excluding carboxylic acids is 1. The van der Waals surface area contributed by atoms with Gasteiger partial charge >= 0.3 is 0 Å². The molecule has 1 aliphatic rings. The maximum absolute atomic E-state index is 13.9. The van der Waals surface area contributed by atoms with Crippen molar-refractivity contribution in [1.29, 1.82) is 0 Å². The number of amides is 1. The van der Waals surface area contributed by atoms with Crippen molar-refractivity contribution in [3.8, 4) is 0 Å². The van der Waals surface area contributed by atoms with Gasteiger partial charge in [-0.2, -0.15) is 0 Å². The number of benzene rings is 2. The van der Waals surface area contributed by atoms with Crippen LogP contribution in [-0.4, -0.2) is 19.0 Å². The summed E-state index contributed by atoms with van der Waals surface area (Å²) in [5.74, 6) is -0.528. The number of nitrogens with one attached hydrogen (secondary N) is 2. The second-order valence-corrected chi connectivity index (χ2v) is 9.40. The van der Waals surface area contributed by atoms with Crippen LogP contribution in [0.2, 0.25) is 0 Å². The predicted octanol–water partition coefficient (Wildman–Crippen LogP) is 5.49. The fourth-order valence-electron chi connectivity index (χ4n) is 4.14. The predicted molar refractivity (Wildman–Crippen MR) is 118 cm³/mol. The van der Waals surface area contributed by atoms with Crippen molar-refractivity contribution in [2.45, 2.75) is 38.1 Å². The first-order valence-corrected chi connectivity index (χ1v) is 11.1. The minimum absolute atomic E-state index is 0.00485. The lowest BCUT2D eigenvalue weighted by Crippen LogP contribution is -2.49. The zero-order chi connectivity index (χ0) is 20.3. The molecule has 0 spiro atoms. The van der Waals surface area contributed by atoms with E-state index in [0.29, 0.717) is 0 Å². The molecule has 2 aromatic rings. The molecule has 150 valence electrons. The molecule has 2 unspecified atom stereocenters. The summed E-state index contributed by atoms with van der Waals surface area (Å²) in [6.07, 6.45) is 1.61. The number of carbonyl (C=O) groups is 1. The second-order valence-electron chi connectivity index (χ2n) is 7.57. The third-order valence-corrected chi connectivity index (χ3v) is 6.78. The summed E-state index contributed by atoms with van der Waals surface area (Å²) in [7, 11) is 0. The van der Waals surface area contributed by atoms with E-state index in [9.17, 15) is 9.18 Å². The normalized spacial score (nSPS) is 18.3. The summed E-state index contributed by atoms with van der Waals surface area (Å²) < 4.78 is 15.9. The largest absolute Gasteiger partial charge is 0.349 e. The van der Waals surface area contributed by atoms with Crippen LogP contribution >= 0.6 is 31.9 Å². The van der Waals surface area contributed by atoms with E-state index >= 15 is 0 Å². The molecule has 2 aromatic carbocycles. The van der Waals surface area contributed by atoms with Crippen LogP contribution in [0.4, 0.5) is 4.39 Å². The third kappa shape index (κ3) is 4.66. The van der Waals surface area contributed by atoms with Crippen LogP contribution < -0.4 is 10.6 Å². The van der Waals surface area contributed by atoms with Crippen LogP contribution in [0.15, 0.2) is 51.4 Å². The van der Waals surface area contributed by atoms with Crippen molar-refractivity contribution in [1.82, 2.24) is 10.6 Å².